The van der Waals surface area contributed by atoms with E-state index in [1.165, 1.54) is 16.8 Å². The van der Waals surface area contributed by atoms with Crippen molar-refractivity contribution in [1.82, 2.24) is 0 Å². The van der Waals surface area contributed by atoms with Crippen molar-refractivity contribution in [2.24, 2.45) is 5.11 Å². The van der Waals surface area contributed by atoms with Crippen molar-refractivity contribution in [2.45, 2.75) is 20.3 Å². The molecular weight excluding hydrogens is 200 g/mol. The first kappa shape index (κ1) is 12.4. The van der Waals surface area contributed by atoms with E-state index in [1.807, 2.05) is 0 Å². The standard InChI is InChI=1S/C12H18N4/c1-10-5-6-12(11(2)9-10)16(3)8-4-7-14-15-13/h5-6,9H,4,7-8H2,1-3H3. The first-order chi connectivity index (χ1) is 7.65. The minimum Gasteiger partial charge on any atom is -0.374 e. The molecule has 4 nitrogen and oxygen atoms in total. The van der Waals surface area contributed by atoms with Crippen molar-refractivity contribution < 1.29 is 0 Å². The molecule has 0 aliphatic carbocycles. The topological polar surface area (TPSA) is 52.0 Å². The fraction of sp³-hybridized carbons (Fsp3) is 0.500. The third kappa shape index (κ3) is 3.48. The number of aryl methyl sites for hydroxylation is 2. The Morgan fingerprint density at radius 1 is 1.38 bits per heavy atom. The van der Waals surface area contributed by atoms with E-state index in [0.717, 1.165) is 13.0 Å². The SMILES string of the molecule is Cc1ccc(N(C)CCCN=[N+]=[N-])c(C)c1. The first-order valence-electron chi connectivity index (χ1n) is 5.44. The van der Waals surface area contributed by atoms with Gasteiger partial charge in [-0.05, 0) is 37.4 Å². The van der Waals surface area contributed by atoms with E-state index in [0.29, 0.717) is 6.54 Å². The van der Waals surface area contributed by atoms with Crippen LogP contribution < -0.4 is 4.90 Å². The zero-order valence-corrected chi connectivity index (χ0v) is 10.1. The maximum Gasteiger partial charge on any atom is 0.0393 e. The highest BCUT2D eigenvalue weighted by Gasteiger charge is 2.03. The molecule has 0 atom stereocenters. The van der Waals surface area contributed by atoms with Gasteiger partial charge in [-0.3, -0.25) is 0 Å². The Kier molecular flexibility index (Phi) is 4.67. The molecule has 1 aromatic rings. The molecular formula is C12H18N4. The summed E-state index contributed by atoms with van der Waals surface area (Å²) in [6, 6.07) is 6.43. The van der Waals surface area contributed by atoms with Crippen LogP contribution in [0.15, 0.2) is 23.3 Å². The van der Waals surface area contributed by atoms with E-state index in [9.17, 15) is 0 Å². The average molecular weight is 218 g/mol. The number of benzene rings is 1. The van der Waals surface area contributed by atoms with E-state index in [4.69, 9.17) is 5.53 Å². The number of hydrogen-bond acceptors (Lipinski definition) is 2. The van der Waals surface area contributed by atoms with Gasteiger partial charge in [0.2, 0.25) is 0 Å². The van der Waals surface area contributed by atoms with Crippen LogP contribution in [0.5, 0.6) is 0 Å². The molecule has 0 unspecified atom stereocenters. The predicted molar refractivity (Wildman–Crippen MR) is 67.8 cm³/mol. The van der Waals surface area contributed by atoms with Gasteiger partial charge in [0.15, 0.2) is 0 Å². The number of nitrogens with zero attached hydrogens (tertiary/aromatic N) is 4. The molecule has 0 amide bonds. The lowest BCUT2D eigenvalue weighted by Crippen LogP contribution is -2.20. The van der Waals surface area contributed by atoms with Crippen molar-refractivity contribution in [3.63, 3.8) is 0 Å². The van der Waals surface area contributed by atoms with Crippen LogP contribution in [0, 0.1) is 13.8 Å². The van der Waals surface area contributed by atoms with Gasteiger partial charge in [0.25, 0.3) is 0 Å². The highest BCUT2D eigenvalue weighted by Crippen LogP contribution is 2.19. The Balaban J connectivity index is 2.58. The van der Waals surface area contributed by atoms with Gasteiger partial charge in [0.05, 0.1) is 0 Å². The van der Waals surface area contributed by atoms with E-state index >= 15 is 0 Å². The normalized spacial score (nSPS) is 9.69. The molecule has 16 heavy (non-hydrogen) atoms. The maximum atomic E-state index is 8.17. The molecule has 0 saturated carbocycles. The van der Waals surface area contributed by atoms with Gasteiger partial charge in [-0.2, -0.15) is 0 Å². The molecule has 1 rings (SSSR count). The second kappa shape index (κ2) is 6.03. The molecule has 0 bridgehead atoms. The fourth-order valence-electron chi connectivity index (χ4n) is 1.78. The van der Waals surface area contributed by atoms with Gasteiger partial charge in [0.1, 0.15) is 0 Å². The van der Waals surface area contributed by atoms with Crippen molar-refractivity contribution in [3.8, 4) is 0 Å². The smallest absolute Gasteiger partial charge is 0.0393 e. The third-order valence-electron chi connectivity index (χ3n) is 2.58. The molecule has 0 heterocycles. The lowest BCUT2D eigenvalue weighted by Gasteiger charge is -2.21. The monoisotopic (exact) mass is 218 g/mol. The third-order valence-corrected chi connectivity index (χ3v) is 2.58. The van der Waals surface area contributed by atoms with Gasteiger partial charge < -0.3 is 4.90 Å². The molecule has 0 aliphatic heterocycles. The lowest BCUT2D eigenvalue weighted by molar-refractivity contribution is 0.790. The van der Waals surface area contributed by atoms with Crippen molar-refractivity contribution in [2.75, 3.05) is 25.0 Å². The van der Waals surface area contributed by atoms with Crippen molar-refractivity contribution >= 4 is 5.69 Å². The summed E-state index contributed by atoms with van der Waals surface area (Å²) in [5, 5.41) is 3.53. The van der Waals surface area contributed by atoms with Gasteiger partial charge in [-0.25, -0.2) is 0 Å². The quantitative estimate of drug-likeness (QED) is 0.323. The molecule has 4 heteroatoms. The molecule has 0 saturated heterocycles. The molecule has 1 aromatic carbocycles. The molecule has 0 spiro atoms. The summed E-state index contributed by atoms with van der Waals surface area (Å²) >= 11 is 0. The molecule has 0 aliphatic rings. The molecule has 0 fully saturated rings. The highest BCUT2D eigenvalue weighted by molar-refractivity contribution is 5.53. The highest BCUT2D eigenvalue weighted by atomic mass is 15.1. The number of hydrogen-bond donors (Lipinski definition) is 0. The molecule has 0 radical (unpaired) electrons. The summed E-state index contributed by atoms with van der Waals surface area (Å²) < 4.78 is 0. The minimum absolute atomic E-state index is 0.561. The summed E-state index contributed by atoms with van der Waals surface area (Å²) in [5.41, 5.74) is 12.0. The molecule has 0 aromatic heterocycles. The summed E-state index contributed by atoms with van der Waals surface area (Å²) in [6.07, 6.45) is 0.883. The fourth-order valence-corrected chi connectivity index (χ4v) is 1.78. The van der Waals surface area contributed by atoms with E-state index in [2.05, 4.69) is 54.0 Å². The summed E-state index contributed by atoms with van der Waals surface area (Å²) in [7, 11) is 2.06. The Morgan fingerprint density at radius 2 is 2.12 bits per heavy atom. The minimum atomic E-state index is 0.561. The van der Waals surface area contributed by atoms with Crippen LogP contribution in [0.1, 0.15) is 17.5 Å². The number of rotatable bonds is 5. The van der Waals surface area contributed by atoms with Crippen LogP contribution in [-0.4, -0.2) is 20.1 Å². The van der Waals surface area contributed by atoms with Gasteiger partial charge in [-0.1, -0.05) is 22.8 Å². The van der Waals surface area contributed by atoms with Crippen LogP contribution in [0.2, 0.25) is 0 Å². The first-order valence-corrected chi connectivity index (χ1v) is 5.44. The predicted octanol–water partition coefficient (Wildman–Crippen LogP) is 3.44. The molecule has 86 valence electrons. The van der Waals surface area contributed by atoms with Gasteiger partial charge in [-0.15, -0.1) is 0 Å². The summed E-state index contributed by atoms with van der Waals surface area (Å²) in [5.74, 6) is 0. The Hall–Kier alpha value is -1.67. The average Bonchev–Trinajstić information content (AvgIpc) is 2.24. The van der Waals surface area contributed by atoms with Crippen LogP contribution in [0.25, 0.3) is 10.4 Å². The van der Waals surface area contributed by atoms with Crippen LogP contribution in [0.3, 0.4) is 0 Å². The lowest BCUT2D eigenvalue weighted by atomic mass is 10.1. The van der Waals surface area contributed by atoms with Crippen LogP contribution >= 0.6 is 0 Å². The second-order valence-electron chi connectivity index (χ2n) is 4.02. The van der Waals surface area contributed by atoms with Crippen molar-refractivity contribution in [3.05, 3.63) is 39.8 Å². The van der Waals surface area contributed by atoms with Crippen LogP contribution in [-0.2, 0) is 0 Å². The van der Waals surface area contributed by atoms with E-state index < -0.39 is 0 Å². The molecule has 0 N–H and O–H groups in total. The maximum absolute atomic E-state index is 8.17. The summed E-state index contributed by atoms with van der Waals surface area (Å²) in [6.45, 7) is 5.68. The zero-order chi connectivity index (χ0) is 12.0. The Morgan fingerprint density at radius 3 is 2.75 bits per heavy atom. The zero-order valence-electron chi connectivity index (χ0n) is 10.1. The van der Waals surface area contributed by atoms with E-state index in [1.54, 1.807) is 0 Å². The number of azide groups is 1. The second-order valence-corrected chi connectivity index (χ2v) is 4.02. The summed E-state index contributed by atoms with van der Waals surface area (Å²) in [4.78, 5) is 4.94. The Labute approximate surface area is 96.5 Å². The largest absolute Gasteiger partial charge is 0.374 e. The van der Waals surface area contributed by atoms with Crippen LogP contribution in [0.4, 0.5) is 5.69 Å². The Bertz CT molecular complexity index is 394. The van der Waals surface area contributed by atoms with E-state index in [-0.39, 0.29) is 0 Å². The number of anilines is 1. The van der Waals surface area contributed by atoms with Crippen molar-refractivity contribution in [1.29, 1.82) is 0 Å². The van der Waals surface area contributed by atoms with Gasteiger partial charge >= 0.3 is 0 Å². The van der Waals surface area contributed by atoms with Gasteiger partial charge in [0, 0.05) is 30.7 Å².